The van der Waals surface area contributed by atoms with Gasteiger partial charge in [-0.15, -0.1) is 0 Å². The largest absolute Gasteiger partial charge is 0.462 e. The van der Waals surface area contributed by atoms with Gasteiger partial charge in [0, 0.05) is 0 Å². The first-order chi connectivity index (χ1) is 7.63. The first kappa shape index (κ1) is 12.7. The van der Waals surface area contributed by atoms with Gasteiger partial charge < -0.3 is 10.5 Å². The van der Waals surface area contributed by atoms with Gasteiger partial charge in [0.15, 0.2) is 0 Å². The number of hydrogen-bond donors (Lipinski definition) is 1. The van der Waals surface area contributed by atoms with E-state index in [1.54, 1.807) is 0 Å². The van der Waals surface area contributed by atoms with Gasteiger partial charge in [-0.3, -0.25) is 4.79 Å². The number of nitrogens with two attached hydrogens (primary N) is 1. The lowest BCUT2D eigenvalue weighted by Crippen LogP contribution is -2.36. The smallest absolute Gasteiger partial charge is 0.323 e. The highest BCUT2D eigenvalue weighted by Gasteiger charge is 2.17. The molecule has 0 aliphatic rings. The number of carbonyl (C=O) groups is 1. The molecule has 0 aromatic heterocycles. The van der Waals surface area contributed by atoms with Crippen LogP contribution in [0.25, 0.3) is 0 Å². The second-order valence-electron chi connectivity index (χ2n) is 3.95. The van der Waals surface area contributed by atoms with Crippen LogP contribution >= 0.6 is 0 Å². The summed E-state index contributed by atoms with van der Waals surface area (Å²) in [6.45, 7) is 3.84. The normalized spacial score (nSPS) is 14.2. The molecule has 0 heterocycles. The van der Waals surface area contributed by atoms with Crippen molar-refractivity contribution in [2.75, 3.05) is 0 Å². The molecule has 0 amide bonds. The Hall–Kier alpha value is -1.35. The minimum absolute atomic E-state index is 0.0608. The summed E-state index contributed by atoms with van der Waals surface area (Å²) < 4.78 is 5.17. The third-order valence-electron chi connectivity index (χ3n) is 2.49. The van der Waals surface area contributed by atoms with Gasteiger partial charge in [0.25, 0.3) is 0 Å². The molecule has 3 nitrogen and oxygen atoms in total. The maximum atomic E-state index is 11.6. The van der Waals surface area contributed by atoms with E-state index in [9.17, 15) is 4.79 Å². The first-order valence-electron chi connectivity index (χ1n) is 5.63. The Bertz CT molecular complexity index is 324. The van der Waals surface area contributed by atoms with Crippen LogP contribution in [0.1, 0.15) is 25.8 Å². The zero-order valence-electron chi connectivity index (χ0n) is 9.85. The lowest BCUT2D eigenvalue weighted by molar-refractivity contribution is -0.149. The van der Waals surface area contributed by atoms with Gasteiger partial charge in [-0.1, -0.05) is 37.3 Å². The molecule has 0 aliphatic carbocycles. The molecule has 0 spiro atoms. The van der Waals surface area contributed by atoms with Crippen molar-refractivity contribution in [2.45, 2.75) is 38.8 Å². The zero-order chi connectivity index (χ0) is 12.0. The number of ether oxygens (including phenoxy) is 1. The average molecular weight is 221 g/mol. The summed E-state index contributed by atoms with van der Waals surface area (Å²) in [5.41, 5.74) is 6.83. The number of rotatable bonds is 5. The highest BCUT2D eigenvalue weighted by Crippen LogP contribution is 2.05. The lowest BCUT2D eigenvalue weighted by atomic mass is 10.1. The zero-order valence-corrected chi connectivity index (χ0v) is 9.85. The molecule has 1 rings (SSSR count). The standard InChI is InChI=1S/C13H19NO2/c1-3-10(2)16-13(15)12(14)9-11-7-5-4-6-8-11/h4-8,10,12H,3,9,14H2,1-2H3/t10-,12+/m0/s1. The molecule has 0 fully saturated rings. The predicted octanol–water partition coefficient (Wildman–Crippen LogP) is 1.90. The molecule has 0 bridgehead atoms. The van der Waals surface area contributed by atoms with Crippen LogP contribution < -0.4 is 5.73 Å². The molecule has 0 unspecified atom stereocenters. The van der Waals surface area contributed by atoms with E-state index in [-0.39, 0.29) is 12.1 Å². The number of esters is 1. The van der Waals surface area contributed by atoms with Crippen LogP contribution in [0, 0.1) is 0 Å². The van der Waals surface area contributed by atoms with Crippen molar-refractivity contribution in [3.63, 3.8) is 0 Å². The van der Waals surface area contributed by atoms with E-state index in [4.69, 9.17) is 10.5 Å². The molecule has 0 aliphatic heterocycles. The van der Waals surface area contributed by atoms with Crippen molar-refractivity contribution >= 4 is 5.97 Å². The van der Waals surface area contributed by atoms with Gasteiger partial charge in [-0.2, -0.15) is 0 Å². The molecule has 2 N–H and O–H groups in total. The number of benzene rings is 1. The molecular formula is C13H19NO2. The van der Waals surface area contributed by atoms with Crippen LogP contribution in [0.3, 0.4) is 0 Å². The second kappa shape index (κ2) is 6.28. The molecule has 1 aromatic carbocycles. The second-order valence-corrected chi connectivity index (χ2v) is 3.95. The molecule has 3 heteroatoms. The molecular weight excluding hydrogens is 202 g/mol. The Kier molecular flexibility index (Phi) is 4.99. The third kappa shape index (κ3) is 4.03. The first-order valence-corrected chi connectivity index (χ1v) is 5.63. The maximum absolute atomic E-state index is 11.6. The topological polar surface area (TPSA) is 52.3 Å². The van der Waals surface area contributed by atoms with E-state index in [0.29, 0.717) is 6.42 Å². The van der Waals surface area contributed by atoms with Gasteiger partial charge in [0.1, 0.15) is 6.04 Å². The molecule has 1 aromatic rings. The van der Waals surface area contributed by atoms with Crippen LogP contribution in [0.4, 0.5) is 0 Å². The number of carbonyl (C=O) groups excluding carboxylic acids is 1. The fourth-order valence-electron chi connectivity index (χ4n) is 1.32. The Morgan fingerprint density at radius 1 is 1.38 bits per heavy atom. The summed E-state index contributed by atoms with van der Waals surface area (Å²) in [5.74, 6) is -0.321. The summed E-state index contributed by atoms with van der Waals surface area (Å²) in [7, 11) is 0. The fraction of sp³-hybridized carbons (Fsp3) is 0.462. The van der Waals surface area contributed by atoms with Crippen LogP contribution in [-0.2, 0) is 16.0 Å². The van der Waals surface area contributed by atoms with E-state index < -0.39 is 6.04 Å². The summed E-state index contributed by atoms with van der Waals surface area (Å²) >= 11 is 0. The monoisotopic (exact) mass is 221 g/mol. The summed E-state index contributed by atoms with van der Waals surface area (Å²) in [5, 5.41) is 0. The van der Waals surface area contributed by atoms with Gasteiger partial charge in [-0.05, 0) is 25.3 Å². The van der Waals surface area contributed by atoms with Gasteiger partial charge in [0.05, 0.1) is 6.10 Å². The van der Waals surface area contributed by atoms with Crippen molar-refractivity contribution in [1.82, 2.24) is 0 Å². The summed E-state index contributed by atoms with van der Waals surface area (Å²) in [6, 6.07) is 9.14. The van der Waals surface area contributed by atoms with Crippen molar-refractivity contribution < 1.29 is 9.53 Å². The van der Waals surface area contributed by atoms with Crippen LogP contribution in [0.15, 0.2) is 30.3 Å². The molecule has 0 saturated heterocycles. The van der Waals surface area contributed by atoms with Gasteiger partial charge in [-0.25, -0.2) is 0 Å². The van der Waals surface area contributed by atoms with E-state index >= 15 is 0 Å². The van der Waals surface area contributed by atoms with Crippen LogP contribution in [0.5, 0.6) is 0 Å². The highest BCUT2D eigenvalue weighted by atomic mass is 16.5. The molecule has 0 radical (unpaired) electrons. The highest BCUT2D eigenvalue weighted by molar-refractivity contribution is 5.76. The predicted molar refractivity (Wildman–Crippen MR) is 64.0 cm³/mol. The Morgan fingerprint density at radius 3 is 2.56 bits per heavy atom. The van der Waals surface area contributed by atoms with E-state index in [2.05, 4.69) is 0 Å². The minimum atomic E-state index is -0.573. The van der Waals surface area contributed by atoms with Gasteiger partial charge in [0.2, 0.25) is 0 Å². The molecule has 2 atom stereocenters. The third-order valence-corrected chi connectivity index (χ3v) is 2.49. The van der Waals surface area contributed by atoms with Crippen LogP contribution in [0.2, 0.25) is 0 Å². The minimum Gasteiger partial charge on any atom is -0.462 e. The number of hydrogen-bond acceptors (Lipinski definition) is 3. The Labute approximate surface area is 96.6 Å². The Balaban J connectivity index is 2.46. The van der Waals surface area contributed by atoms with E-state index in [1.807, 2.05) is 44.2 Å². The van der Waals surface area contributed by atoms with Crippen molar-refractivity contribution in [2.24, 2.45) is 5.73 Å². The molecule has 88 valence electrons. The SMILES string of the molecule is CC[C@H](C)OC(=O)[C@H](N)Cc1ccccc1. The van der Waals surface area contributed by atoms with Crippen LogP contribution in [-0.4, -0.2) is 18.1 Å². The lowest BCUT2D eigenvalue weighted by Gasteiger charge is -2.15. The summed E-state index contributed by atoms with van der Waals surface area (Å²) in [4.78, 5) is 11.6. The van der Waals surface area contributed by atoms with E-state index in [1.165, 1.54) is 0 Å². The van der Waals surface area contributed by atoms with E-state index in [0.717, 1.165) is 12.0 Å². The molecule has 0 saturated carbocycles. The van der Waals surface area contributed by atoms with Gasteiger partial charge >= 0.3 is 5.97 Å². The van der Waals surface area contributed by atoms with Crippen molar-refractivity contribution in [3.05, 3.63) is 35.9 Å². The quantitative estimate of drug-likeness (QED) is 0.773. The Morgan fingerprint density at radius 2 is 2.00 bits per heavy atom. The maximum Gasteiger partial charge on any atom is 0.323 e. The van der Waals surface area contributed by atoms with Crippen molar-refractivity contribution in [3.8, 4) is 0 Å². The summed E-state index contributed by atoms with van der Waals surface area (Å²) in [6.07, 6.45) is 1.27. The molecule has 16 heavy (non-hydrogen) atoms. The fourth-order valence-corrected chi connectivity index (χ4v) is 1.32. The van der Waals surface area contributed by atoms with Crippen molar-refractivity contribution in [1.29, 1.82) is 0 Å². The average Bonchev–Trinajstić information content (AvgIpc) is 2.30.